The predicted molar refractivity (Wildman–Crippen MR) is 74.7 cm³/mol. The van der Waals surface area contributed by atoms with Crippen molar-refractivity contribution in [1.82, 2.24) is 0 Å². The molecule has 1 aromatic rings. The van der Waals surface area contributed by atoms with Crippen LogP contribution in [0.5, 0.6) is 5.75 Å². The minimum atomic E-state index is 0.339. The number of benzene rings is 1. The Morgan fingerprint density at radius 2 is 2.12 bits per heavy atom. The van der Waals surface area contributed by atoms with Gasteiger partial charge >= 0.3 is 0 Å². The molecule has 1 aliphatic rings. The lowest BCUT2D eigenvalue weighted by molar-refractivity contribution is 0.306. The van der Waals surface area contributed by atoms with Gasteiger partial charge in [-0.1, -0.05) is 34.0 Å². The van der Waals surface area contributed by atoms with Crippen molar-refractivity contribution in [2.45, 2.75) is 24.1 Å². The van der Waals surface area contributed by atoms with Gasteiger partial charge in [-0.3, -0.25) is 0 Å². The Morgan fingerprint density at radius 1 is 1.44 bits per heavy atom. The van der Waals surface area contributed by atoms with E-state index in [9.17, 15) is 0 Å². The molecule has 1 fully saturated rings. The predicted octanol–water partition coefficient (Wildman–Crippen LogP) is 5.35. The maximum atomic E-state index is 6.08. The summed E-state index contributed by atoms with van der Waals surface area (Å²) in [4.78, 5) is 0.339. The lowest BCUT2D eigenvalue weighted by Gasteiger charge is -2.31. The summed E-state index contributed by atoms with van der Waals surface area (Å²) in [5.41, 5.74) is 1.14. The van der Waals surface area contributed by atoms with Crippen molar-refractivity contribution < 1.29 is 4.74 Å². The molecular weight excluding hydrogens is 355 g/mol. The van der Waals surface area contributed by atoms with Gasteiger partial charge in [0.15, 0.2) is 0 Å². The number of hydrogen-bond donors (Lipinski definition) is 0. The molecule has 1 unspecified atom stereocenters. The highest BCUT2D eigenvalue weighted by molar-refractivity contribution is 9.10. The Balaban J connectivity index is 2.36. The van der Waals surface area contributed by atoms with Gasteiger partial charge in [-0.15, -0.1) is 0 Å². The molecule has 1 atom stereocenters. The number of halogens is 3. The van der Waals surface area contributed by atoms with Crippen LogP contribution in [0.4, 0.5) is 0 Å². The van der Waals surface area contributed by atoms with Crippen LogP contribution in [0.1, 0.15) is 29.7 Å². The molecule has 1 nitrogen and oxygen atoms in total. The van der Waals surface area contributed by atoms with Crippen LogP contribution in [0.3, 0.4) is 0 Å². The highest BCUT2D eigenvalue weighted by Crippen LogP contribution is 2.48. The first-order chi connectivity index (χ1) is 7.63. The van der Waals surface area contributed by atoms with Crippen LogP contribution >= 0.6 is 43.5 Å². The quantitative estimate of drug-likeness (QED) is 0.654. The van der Waals surface area contributed by atoms with Gasteiger partial charge in [0.25, 0.3) is 0 Å². The zero-order valence-electron chi connectivity index (χ0n) is 8.97. The second kappa shape index (κ2) is 5.28. The summed E-state index contributed by atoms with van der Waals surface area (Å²) in [6, 6.07) is 3.85. The molecule has 0 spiro atoms. The van der Waals surface area contributed by atoms with Gasteiger partial charge in [-0.25, -0.2) is 0 Å². The van der Waals surface area contributed by atoms with Gasteiger partial charge < -0.3 is 4.74 Å². The monoisotopic (exact) mass is 366 g/mol. The second-order valence-corrected chi connectivity index (χ2v) is 6.38. The SMILES string of the molecule is COc1c(Br)cc(Cl)cc1C(Br)C1CCC1. The van der Waals surface area contributed by atoms with E-state index in [0.717, 1.165) is 20.8 Å². The van der Waals surface area contributed by atoms with Crippen molar-refractivity contribution in [1.29, 1.82) is 0 Å². The Kier molecular flexibility index (Phi) is 4.20. The number of alkyl halides is 1. The molecule has 88 valence electrons. The Morgan fingerprint density at radius 3 is 2.62 bits per heavy atom. The van der Waals surface area contributed by atoms with Gasteiger partial charge in [0.2, 0.25) is 0 Å². The van der Waals surface area contributed by atoms with E-state index in [2.05, 4.69) is 31.9 Å². The van der Waals surface area contributed by atoms with E-state index in [1.807, 2.05) is 12.1 Å². The van der Waals surface area contributed by atoms with Gasteiger partial charge in [0, 0.05) is 15.4 Å². The highest BCUT2D eigenvalue weighted by atomic mass is 79.9. The molecule has 0 radical (unpaired) electrons. The number of methoxy groups -OCH3 is 1. The minimum absolute atomic E-state index is 0.339. The summed E-state index contributed by atoms with van der Waals surface area (Å²) in [6.45, 7) is 0. The third kappa shape index (κ3) is 2.41. The van der Waals surface area contributed by atoms with E-state index in [1.54, 1.807) is 7.11 Å². The summed E-state index contributed by atoms with van der Waals surface area (Å²) >= 11 is 13.3. The molecule has 0 N–H and O–H groups in total. The Hall–Kier alpha value is 0.270. The average molecular weight is 368 g/mol. The van der Waals surface area contributed by atoms with Crippen molar-refractivity contribution in [3.63, 3.8) is 0 Å². The lowest BCUT2D eigenvalue weighted by Crippen LogP contribution is -2.16. The van der Waals surface area contributed by atoms with E-state index in [-0.39, 0.29) is 0 Å². The molecule has 0 saturated heterocycles. The van der Waals surface area contributed by atoms with Gasteiger partial charge in [0.05, 0.1) is 11.6 Å². The van der Waals surface area contributed by atoms with Crippen molar-refractivity contribution in [3.05, 3.63) is 27.2 Å². The van der Waals surface area contributed by atoms with Crippen LogP contribution in [-0.2, 0) is 0 Å². The lowest BCUT2D eigenvalue weighted by atomic mass is 9.80. The van der Waals surface area contributed by atoms with E-state index in [0.29, 0.717) is 10.7 Å². The largest absolute Gasteiger partial charge is 0.495 e. The molecule has 0 bridgehead atoms. The molecule has 1 aromatic carbocycles. The number of ether oxygens (including phenoxy) is 1. The van der Waals surface area contributed by atoms with Crippen LogP contribution < -0.4 is 4.74 Å². The van der Waals surface area contributed by atoms with E-state index in [4.69, 9.17) is 16.3 Å². The maximum absolute atomic E-state index is 6.08. The zero-order chi connectivity index (χ0) is 11.7. The summed E-state index contributed by atoms with van der Waals surface area (Å²) < 4.78 is 6.35. The molecule has 0 amide bonds. The second-order valence-electron chi connectivity index (χ2n) is 4.10. The molecular formula is C12H13Br2ClO. The summed E-state index contributed by atoms with van der Waals surface area (Å²) in [7, 11) is 1.69. The fourth-order valence-electron chi connectivity index (χ4n) is 1.99. The standard InChI is InChI=1S/C12H13Br2ClO/c1-16-12-9(5-8(15)6-10(12)13)11(14)7-3-2-4-7/h5-7,11H,2-4H2,1H3. The highest BCUT2D eigenvalue weighted by Gasteiger charge is 2.29. The normalized spacial score (nSPS) is 18.0. The number of hydrogen-bond acceptors (Lipinski definition) is 1. The first-order valence-corrected chi connectivity index (χ1v) is 7.39. The first-order valence-electron chi connectivity index (χ1n) is 5.30. The molecule has 16 heavy (non-hydrogen) atoms. The molecule has 1 saturated carbocycles. The van der Waals surface area contributed by atoms with Crippen molar-refractivity contribution in [2.24, 2.45) is 5.92 Å². The topological polar surface area (TPSA) is 9.23 Å². The van der Waals surface area contributed by atoms with Crippen LogP contribution in [0.15, 0.2) is 16.6 Å². The third-order valence-electron chi connectivity index (χ3n) is 3.10. The van der Waals surface area contributed by atoms with Crippen LogP contribution in [0, 0.1) is 5.92 Å². The fraction of sp³-hybridized carbons (Fsp3) is 0.500. The summed E-state index contributed by atoms with van der Waals surface area (Å²) in [6.07, 6.45) is 3.89. The fourth-order valence-corrected chi connectivity index (χ4v) is 3.85. The first kappa shape index (κ1) is 12.7. The van der Waals surface area contributed by atoms with Crippen molar-refractivity contribution in [3.8, 4) is 5.75 Å². The summed E-state index contributed by atoms with van der Waals surface area (Å²) in [5, 5.41) is 0.742. The van der Waals surface area contributed by atoms with Gasteiger partial charge in [-0.05, 0) is 46.8 Å². The summed E-state index contributed by atoms with van der Waals surface area (Å²) in [5.74, 6) is 1.59. The van der Waals surface area contributed by atoms with Gasteiger partial charge in [-0.2, -0.15) is 0 Å². The molecule has 0 aromatic heterocycles. The molecule has 4 heteroatoms. The van der Waals surface area contributed by atoms with Crippen LogP contribution in [0.25, 0.3) is 0 Å². The van der Waals surface area contributed by atoms with Crippen LogP contribution in [-0.4, -0.2) is 7.11 Å². The zero-order valence-corrected chi connectivity index (χ0v) is 12.9. The van der Waals surface area contributed by atoms with E-state index >= 15 is 0 Å². The number of rotatable bonds is 3. The van der Waals surface area contributed by atoms with Gasteiger partial charge in [0.1, 0.15) is 5.75 Å². The average Bonchev–Trinajstić information content (AvgIpc) is 2.13. The minimum Gasteiger partial charge on any atom is -0.495 e. The third-order valence-corrected chi connectivity index (χ3v) is 5.15. The smallest absolute Gasteiger partial charge is 0.137 e. The molecule has 0 aliphatic heterocycles. The Bertz CT molecular complexity index is 391. The molecule has 1 aliphatic carbocycles. The molecule has 2 rings (SSSR count). The van der Waals surface area contributed by atoms with Crippen LogP contribution in [0.2, 0.25) is 5.02 Å². The van der Waals surface area contributed by atoms with Crippen molar-refractivity contribution in [2.75, 3.05) is 7.11 Å². The van der Waals surface area contributed by atoms with E-state index in [1.165, 1.54) is 19.3 Å². The molecule has 0 heterocycles. The Labute approximate surface area is 118 Å². The van der Waals surface area contributed by atoms with E-state index < -0.39 is 0 Å². The maximum Gasteiger partial charge on any atom is 0.137 e. The van der Waals surface area contributed by atoms with Crippen molar-refractivity contribution >= 4 is 43.5 Å².